The van der Waals surface area contributed by atoms with Gasteiger partial charge in [-0.05, 0) is 48.6 Å². The lowest BCUT2D eigenvalue weighted by Crippen LogP contribution is -2.32. The van der Waals surface area contributed by atoms with Crippen LogP contribution in [-0.4, -0.2) is 30.6 Å². The van der Waals surface area contributed by atoms with Crippen molar-refractivity contribution in [2.24, 2.45) is 0 Å². The predicted octanol–water partition coefficient (Wildman–Crippen LogP) is 7.42. The standard InChI is InChI=1S/C35H37NO2/c1-2-38-34(37)25-15-27-36(29-30-17-7-3-8-18-30)28-16-26-35(31-19-9-4-10-20-31,32-21-11-5-12-22-32)33-23-13-6-14-24-33/h3-15,17-25H,2,16,26-29H2,1H3/b25-15+. The molecule has 4 aromatic rings. The molecular formula is C35H37NO2. The van der Waals surface area contributed by atoms with Gasteiger partial charge in [-0.1, -0.05) is 127 Å². The fourth-order valence-electron chi connectivity index (χ4n) is 5.23. The topological polar surface area (TPSA) is 29.5 Å². The lowest BCUT2D eigenvalue weighted by molar-refractivity contribution is -0.137. The normalized spacial score (nSPS) is 11.6. The summed E-state index contributed by atoms with van der Waals surface area (Å²) in [5.74, 6) is -0.289. The summed E-state index contributed by atoms with van der Waals surface area (Å²) in [6, 6.07) is 43.1. The summed E-state index contributed by atoms with van der Waals surface area (Å²) in [7, 11) is 0. The van der Waals surface area contributed by atoms with Crippen molar-refractivity contribution >= 4 is 5.97 Å². The lowest BCUT2D eigenvalue weighted by Gasteiger charge is -2.37. The van der Waals surface area contributed by atoms with Gasteiger partial charge in [-0.25, -0.2) is 4.79 Å². The molecule has 0 bridgehead atoms. The van der Waals surface area contributed by atoms with Crippen LogP contribution in [0.15, 0.2) is 133 Å². The van der Waals surface area contributed by atoms with Crippen LogP contribution >= 0.6 is 0 Å². The Kier molecular flexibility index (Phi) is 10.1. The number of hydrogen-bond acceptors (Lipinski definition) is 3. The fraction of sp³-hybridized carbons (Fsp3) is 0.229. The molecule has 38 heavy (non-hydrogen) atoms. The number of carbonyl (C=O) groups is 1. The maximum absolute atomic E-state index is 11.9. The van der Waals surface area contributed by atoms with Crippen molar-refractivity contribution in [2.75, 3.05) is 19.7 Å². The molecule has 0 atom stereocenters. The van der Waals surface area contributed by atoms with Crippen LogP contribution in [0.4, 0.5) is 0 Å². The van der Waals surface area contributed by atoms with Crippen molar-refractivity contribution in [2.45, 2.75) is 31.7 Å². The van der Waals surface area contributed by atoms with Gasteiger partial charge in [0.2, 0.25) is 0 Å². The molecule has 0 aliphatic heterocycles. The van der Waals surface area contributed by atoms with Crippen molar-refractivity contribution in [1.82, 2.24) is 4.90 Å². The molecule has 194 valence electrons. The van der Waals surface area contributed by atoms with Gasteiger partial charge in [0.15, 0.2) is 0 Å². The minimum Gasteiger partial charge on any atom is -0.463 e. The summed E-state index contributed by atoms with van der Waals surface area (Å²) >= 11 is 0. The number of carbonyl (C=O) groups excluding carboxylic acids is 1. The molecular weight excluding hydrogens is 466 g/mol. The van der Waals surface area contributed by atoms with E-state index < -0.39 is 0 Å². The Morgan fingerprint density at radius 1 is 0.737 bits per heavy atom. The quantitative estimate of drug-likeness (QED) is 0.108. The predicted molar refractivity (Wildman–Crippen MR) is 156 cm³/mol. The molecule has 0 saturated carbocycles. The molecule has 0 N–H and O–H groups in total. The van der Waals surface area contributed by atoms with Gasteiger partial charge in [0.1, 0.15) is 0 Å². The Hall–Kier alpha value is -3.95. The molecule has 0 aliphatic rings. The van der Waals surface area contributed by atoms with E-state index in [1.807, 2.05) is 19.1 Å². The van der Waals surface area contributed by atoms with Gasteiger partial charge in [0.05, 0.1) is 6.61 Å². The van der Waals surface area contributed by atoms with Crippen LogP contribution < -0.4 is 0 Å². The van der Waals surface area contributed by atoms with Crippen LogP contribution in [-0.2, 0) is 21.5 Å². The van der Waals surface area contributed by atoms with E-state index >= 15 is 0 Å². The summed E-state index contributed by atoms with van der Waals surface area (Å²) < 4.78 is 5.07. The first-order valence-corrected chi connectivity index (χ1v) is 13.5. The number of esters is 1. The zero-order valence-electron chi connectivity index (χ0n) is 22.2. The van der Waals surface area contributed by atoms with Crippen LogP contribution in [0.3, 0.4) is 0 Å². The van der Waals surface area contributed by atoms with Gasteiger partial charge in [0.25, 0.3) is 0 Å². The van der Waals surface area contributed by atoms with E-state index in [0.29, 0.717) is 13.2 Å². The first-order valence-electron chi connectivity index (χ1n) is 13.5. The Bertz CT molecular complexity index is 1160. The van der Waals surface area contributed by atoms with Gasteiger partial charge in [0, 0.05) is 24.6 Å². The molecule has 0 amide bonds. The third-order valence-electron chi connectivity index (χ3n) is 6.98. The molecule has 0 heterocycles. The molecule has 0 saturated heterocycles. The molecule has 3 heteroatoms. The third kappa shape index (κ3) is 7.08. The highest BCUT2D eigenvalue weighted by Gasteiger charge is 2.35. The second-order valence-corrected chi connectivity index (χ2v) is 9.48. The van der Waals surface area contributed by atoms with Gasteiger partial charge in [-0.15, -0.1) is 0 Å². The molecule has 0 aromatic heterocycles. The second-order valence-electron chi connectivity index (χ2n) is 9.48. The van der Waals surface area contributed by atoms with E-state index in [9.17, 15) is 4.79 Å². The Morgan fingerprint density at radius 3 is 1.68 bits per heavy atom. The average molecular weight is 504 g/mol. The second kappa shape index (κ2) is 14.1. The SMILES string of the molecule is CCOC(=O)/C=C/CN(CCCC(c1ccccc1)(c1ccccc1)c1ccccc1)Cc1ccccc1. The van der Waals surface area contributed by atoms with Crippen molar-refractivity contribution < 1.29 is 9.53 Å². The molecule has 4 aromatic carbocycles. The summed E-state index contributed by atoms with van der Waals surface area (Å²) in [4.78, 5) is 14.3. The molecule has 0 radical (unpaired) electrons. The highest BCUT2D eigenvalue weighted by atomic mass is 16.5. The Labute approximate surface area is 227 Å². The van der Waals surface area contributed by atoms with Crippen LogP contribution in [0.2, 0.25) is 0 Å². The number of ether oxygens (including phenoxy) is 1. The Balaban J connectivity index is 1.61. The van der Waals surface area contributed by atoms with Gasteiger partial charge in [-0.2, -0.15) is 0 Å². The zero-order chi connectivity index (χ0) is 26.5. The van der Waals surface area contributed by atoms with Crippen LogP contribution in [0.5, 0.6) is 0 Å². The molecule has 0 fully saturated rings. The van der Waals surface area contributed by atoms with Crippen molar-refractivity contribution in [3.05, 3.63) is 156 Å². The first kappa shape index (κ1) is 27.1. The van der Waals surface area contributed by atoms with Gasteiger partial charge < -0.3 is 4.74 Å². The van der Waals surface area contributed by atoms with Gasteiger partial charge in [-0.3, -0.25) is 4.90 Å². The highest BCUT2D eigenvalue weighted by Crippen LogP contribution is 2.43. The average Bonchev–Trinajstić information content (AvgIpc) is 2.97. The van der Waals surface area contributed by atoms with Crippen LogP contribution in [0.1, 0.15) is 42.0 Å². The molecule has 4 rings (SSSR count). The highest BCUT2D eigenvalue weighted by molar-refractivity contribution is 5.81. The number of rotatable bonds is 13. The minimum absolute atomic E-state index is 0.261. The van der Waals surface area contributed by atoms with Crippen molar-refractivity contribution in [3.63, 3.8) is 0 Å². The van der Waals surface area contributed by atoms with Crippen LogP contribution in [0, 0.1) is 0 Å². The lowest BCUT2D eigenvalue weighted by atomic mass is 9.67. The zero-order valence-corrected chi connectivity index (χ0v) is 22.2. The molecule has 0 spiro atoms. The molecule has 0 unspecified atom stereocenters. The van der Waals surface area contributed by atoms with Crippen LogP contribution in [0.25, 0.3) is 0 Å². The van der Waals surface area contributed by atoms with E-state index in [2.05, 4.69) is 120 Å². The summed E-state index contributed by atoms with van der Waals surface area (Å²) in [6.07, 6.45) is 5.40. The number of nitrogens with zero attached hydrogens (tertiary/aromatic N) is 1. The maximum Gasteiger partial charge on any atom is 0.330 e. The van der Waals surface area contributed by atoms with E-state index in [-0.39, 0.29) is 11.4 Å². The minimum atomic E-state index is -0.289. The molecule has 3 nitrogen and oxygen atoms in total. The number of benzene rings is 4. The van der Waals surface area contributed by atoms with E-state index in [1.54, 1.807) is 6.08 Å². The third-order valence-corrected chi connectivity index (χ3v) is 6.98. The summed E-state index contributed by atoms with van der Waals surface area (Å²) in [5, 5.41) is 0. The summed E-state index contributed by atoms with van der Waals surface area (Å²) in [6.45, 7) is 4.62. The van der Waals surface area contributed by atoms with Crippen molar-refractivity contribution in [3.8, 4) is 0 Å². The number of hydrogen-bond donors (Lipinski definition) is 0. The Morgan fingerprint density at radius 2 is 1.21 bits per heavy atom. The summed E-state index contributed by atoms with van der Waals surface area (Å²) in [5.41, 5.74) is 4.90. The van der Waals surface area contributed by atoms with Gasteiger partial charge >= 0.3 is 5.97 Å². The smallest absolute Gasteiger partial charge is 0.330 e. The first-order chi connectivity index (χ1) is 18.7. The van der Waals surface area contributed by atoms with E-state index in [0.717, 1.165) is 25.9 Å². The fourth-order valence-corrected chi connectivity index (χ4v) is 5.23. The largest absolute Gasteiger partial charge is 0.463 e. The molecule has 0 aliphatic carbocycles. The van der Waals surface area contributed by atoms with E-state index in [1.165, 1.54) is 22.3 Å². The van der Waals surface area contributed by atoms with Crippen molar-refractivity contribution in [1.29, 1.82) is 0 Å². The van der Waals surface area contributed by atoms with E-state index in [4.69, 9.17) is 4.74 Å². The maximum atomic E-state index is 11.9. The monoisotopic (exact) mass is 503 g/mol.